The molecular formula is C15H15N3O6S. The first kappa shape index (κ1) is 18.3. The minimum atomic E-state index is -0.658. The van der Waals surface area contributed by atoms with Crippen molar-refractivity contribution in [1.29, 1.82) is 0 Å². The molecule has 10 heteroatoms. The lowest BCUT2D eigenvalue weighted by Crippen LogP contribution is -2.27. The Morgan fingerprint density at radius 3 is 2.64 bits per heavy atom. The van der Waals surface area contributed by atoms with Gasteiger partial charge in [-0.05, 0) is 19.4 Å². The van der Waals surface area contributed by atoms with Crippen LogP contribution in [0.2, 0.25) is 0 Å². The van der Waals surface area contributed by atoms with Crippen molar-refractivity contribution in [3.05, 3.63) is 54.8 Å². The number of esters is 1. The Balaban J connectivity index is 2.26. The Kier molecular flexibility index (Phi) is 5.32. The number of nitrogens with zero attached hydrogens (tertiary/aromatic N) is 2. The number of amides is 1. The second-order valence-electron chi connectivity index (χ2n) is 5.14. The molecule has 0 saturated heterocycles. The van der Waals surface area contributed by atoms with E-state index in [1.165, 1.54) is 18.4 Å². The fourth-order valence-corrected chi connectivity index (χ4v) is 3.20. The largest absolute Gasteiger partial charge is 0.465 e. The maximum atomic E-state index is 12.2. The molecule has 25 heavy (non-hydrogen) atoms. The number of ether oxygens (including phenoxy) is 1. The molecule has 1 N–H and O–H groups in total. The minimum Gasteiger partial charge on any atom is -0.465 e. The highest BCUT2D eigenvalue weighted by atomic mass is 32.1. The van der Waals surface area contributed by atoms with Gasteiger partial charge in [-0.3, -0.25) is 24.3 Å². The van der Waals surface area contributed by atoms with E-state index in [0.717, 1.165) is 27.8 Å². The van der Waals surface area contributed by atoms with E-state index in [9.17, 15) is 24.5 Å². The highest BCUT2D eigenvalue weighted by Gasteiger charge is 2.22. The minimum absolute atomic E-state index is 0.254. The van der Waals surface area contributed by atoms with Gasteiger partial charge in [-0.2, -0.15) is 0 Å². The number of hydrogen-bond donors (Lipinski definition) is 1. The van der Waals surface area contributed by atoms with Crippen LogP contribution in [0.15, 0.2) is 23.1 Å². The molecule has 2 aromatic rings. The van der Waals surface area contributed by atoms with E-state index in [2.05, 4.69) is 5.32 Å². The summed E-state index contributed by atoms with van der Waals surface area (Å²) in [7, 11) is 1.24. The van der Waals surface area contributed by atoms with Crippen LogP contribution in [0.5, 0.6) is 0 Å². The van der Waals surface area contributed by atoms with Gasteiger partial charge in [-0.25, -0.2) is 4.79 Å². The topological polar surface area (TPSA) is 121 Å². The molecule has 0 bridgehead atoms. The number of pyridine rings is 1. The molecule has 0 fully saturated rings. The van der Waals surface area contributed by atoms with Crippen LogP contribution < -0.4 is 10.9 Å². The lowest BCUT2D eigenvalue weighted by Gasteiger charge is -2.07. The van der Waals surface area contributed by atoms with E-state index < -0.39 is 28.9 Å². The monoisotopic (exact) mass is 365 g/mol. The van der Waals surface area contributed by atoms with Gasteiger partial charge < -0.3 is 10.1 Å². The van der Waals surface area contributed by atoms with Gasteiger partial charge in [0, 0.05) is 17.0 Å². The molecule has 2 aromatic heterocycles. The molecule has 0 unspecified atom stereocenters. The molecule has 0 aromatic carbocycles. The number of hydrogen-bond acceptors (Lipinski definition) is 7. The summed E-state index contributed by atoms with van der Waals surface area (Å²) >= 11 is 1.21. The van der Waals surface area contributed by atoms with Crippen LogP contribution in [-0.4, -0.2) is 28.5 Å². The fourth-order valence-electron chi connectivity index (χ4n) is 2.13. The molecule has 132 valence electrons. The van der Waals surface area contributed by atoms with Gasteiger partial charge in [-0.15, -0.1) is 11.3 Å². The number of methoxy groups -OCH3 is 1. The SMILES string of the molecule is COC(=O)c1c(NC(=O)Cn2cc([N+](=O)[O-])ccc2=O)sc(C)c1C. The third-order valence-corrected chi connectivity index (χ3v) is 4.64. The van der Waals surface area contributed by atoms with Gasteiger partial charge in [-0.1, -0.05) is 0 Å². The number of rotatable bonds is 5. The lowest BCUT2D eigenvalue weighted by molar-refractivity contribution is -0.385. The molecule has 2 rings (SSSR count). The molecule has 0 aliphatic heterocycles. The number of carbonyl (C=O) groups excluding carboxylic acids is 2. The van der Waals surface area contributed by atoms with Crippen molar-refractivity contribution >= 4 is 33.9 Å². The van der Waals surface area contributed by atoms with Crippen LogP contribution in [0.3, 0.4) is 0 Å². The van der Waals surface area contributed by atoms with E-state index in [0.29, 0.717) is 10.6 Å². The first-order valence-electron chi connectivity index (χ1n) is 7.07. The number of nitrogens with one attached hydrogen (secondary N) is 1. The van der Waals surface area contributed by atoms with Crippen molar-refractivity contribution in [2.75, 3.05) is 12.4 Å². The van der Waals surface area contributed by atoms with Gasteiger partial charge in [0.05, 0.1) is 23.8 Å². The zero-order chi connectivity index (χ0) is 18.7. The summed E-state index contributed by atoms with van der Waals surface area (Å²) < 4.78 is 5.65. The maximum absolute atomic E-state index is 12.2. The van der Waals surface area contributed by atoms with Gasteiger partial charge in [0.15, 0.2) is 0 Å². The normalized spacial score (nSPS) is 10.4. The molecule has 0 aliphatic carbocycles. The van der Waals surface area contributed by atoms with E-state index in [-0.39, 0.29) is 11.3 Å². The van der Waals surface area contributed by atoms with Crippen molar-refractivity contribution in [3.63, 3.8) is 0 Å². The predicted octanol–water partition coefficient (Wildman–Crippen LogP) is 1.86. The highest BCUT2D eigenvalue weighted by Crippen LogP contribution is 2.32. The molecule has 0 radical (unpaired) electrons. The van der Waals surface area contributed by atoms with Crippen molar-refractivity contribution in [1.82, 2.24) is 4.57 Å². The molecule has 0 spiro atoms. The van der Waals surface area contributed by atoms with Crippen LogP contribution in [0, 0.1) is 24.0 Å². The zero-order valence-corrected chi connectivity index (χ0v) is 14.5. The van der Waals surface area contributed by atoms with E-state index in [1.807, 2.05) is 0 Å². The lowest BCUT2D eigenvalue weighted by atomic mass is 10.1. The summed E-state index contributed by atoms with van der Waals surface area (Å²) in [5.41, 5.74) is 0.0994. The number of anilines is 1. The summed E-state index contributed by atoms with van der Waals surface area (Å²) in [5.74, 6) is -1.17. The average molecular weight is 365 g/mol. The second kappa shape index (κ2) is 7.26. The highest BCUT2D eigenvalue weighted by molar-refractivity contribution is 7.16. The first-order valence-corrected chi connectivity index (χ1v) is 7.89. The van der Waals surface area contributed by atoms with Crippen LogP contribution in [0.25, 0.3) is 0 Å². The Hall–Kier alpha value is -3.01. The van der Waals surface area contributed by atoms with Crippen molar-refractivity contribution in [2.45, 2.75) is 20.4 Å². The molecule has 0 saturated carbocycles. The van der Waals surface area contributed by atoms with E-state index >= 15 is 0 Å². The molecular weight excluding hydrogens is 350 g/mol. The smallest absolute Gasteiger partial charge is 0.341 e. The van der Waals surface area contributed by atoms with Gasteiger partial charge >= 0.3 is 5.97 Å². The summed E-state index contributed by atoms with van der Waals surface area (Å²) in [6.07, 6.45) is 0.994. The van der Waals surface area contributed by atoms with E-state index in [1.54, 1.807) is 13.8 Å². The van der Waals surface area contributed by atoms with Gasteiger partial charge in [0.2, 0.25) is 5.91 Å². The van der Waals surface area contributed by atoms with Gasteiger partial charge in [0.1, 0.15) is 11.5 Å². The van der Waals surface area contributed by atoms with Crippen molar-refractivity contribution < 1.29 is 19.2 Å². The standard InChI is InChI=1S/C15H15N3O6S/c1-8-9(2)25-14(13(8)15(21)24-3)16-11(19)7-17-6-10(18(22)23)4-5-12(17)20/h4-6H,7H2,1-3H3,(H,16,19). The van der Waals surface area contributed by atoms with Crippen LogP contribution in [-0.2, 0) is 16.1 Å². The summed E-state index contributed by atoms with van der Waals surface area (Å²) in [6, 6.07) is 2.09. The Morgan fingerprint density at radius 2 is 2.04 bits per heavy atom. The summed E-state index contributed by atoms with van der Waals surface area (Å²) in [4.78, 5) is 46.8. The van der Waals surface area contributed by atoms with E-state index in [4.69, 9.17) is 4.74 Å². The third-order valence-electron chi connectivity index (χ3n) is 3.52. The second-order valence-corrected chi connectivity index (χ2v) is 6.36. The molecule has 9 nitrogen and oxygen atoms in total. The van der Waals surface area contributed by atoms with Crippen molar-refractivity contribution in [3.8, 4) is 0 Å². The third kappa shape index (κ3) is 3.91. The van der Waals surface area contributed by atoms with Crippen LogP contribution >= 0.6 is 11.3 Å². The Bertz CT molecular complexity index is 914. The fraction of sp³-hybridized carbons (Fsp3) is 0.267. The summed E-state index contributed by atoms with van der Waals surface area (Å²) in [5, 5.41) is 13.6. The zero-order valence-electron chi connectivity index (χ0n) is 13.7. The first-order chi connectivity index (χ1) is 11.7. The Labute approximate surface area is 146 Å². The predicted molar refractivity (Wildman–Crippen MR) is 91.1 cm³/mol. The van der Waals surface area contributed by atoms with Crippen molar-refractivity contribution in [2.24, 2.45) is 0 Å². The number of aromatic nitrogens is 1. The van der Waals surface area contributed by atoms with Crippen LogP contribution in [0.1, 0.15) is 20.8 Å². The average Bonchev–Trinajstić information content (AvgIpc) is 2.82. The number of carbonyl (C=O) groups is 2. The number of nitro groups is 1. The Morgan fingerprint density at radius 1 is 1.36 bits per heavy atom. The molecule has 2 heterocycles. The van der Waals surface area contributed by atoms with Crippen LogP contribution in [0.4, 0.5) is 10.7 Å². The van der Waals surface area contributed by atoms with Gasteiger partial charge in [0.25, 0.3) is 11.2 Å². The molecule has 0 atom stereocenters. The maximum Gasteiger partial charge on any atom is 0.341 e. The summed E-state index contributed by atoms with van der Waals surface area (Å²) in [6.45, 7) is 3.11. The number of aryl methyl sites for hydroxylation is 1. The quantitative estimate of drug-likeness (QED) is 0.490. The molecule has 0 aliphatic rings. The number of thiophene rings is 1. The molecule has 1 amide bonds.